The number of benzene rings is 1. The number of hydrogen-bond donors (Lipinski definition) is 2. The molecule has 1 aliphatic heterocycles. The minimum atomic E-state index is -0.393. The monoisotopic (exact) mass is 513 g/mol. The number of nitrogens with one attached hydrogen (secondary N) is 2. The van der Waals surface area contributed by atoms with E-state index in [2.05, 4.69) is 36.6 Å². The number of nitrogens with zero attached hydrogens (tertiary/aromatic N) is 5. The van der Waals surface area contributed by atoms with Gasteiger partial charge >= 0.3 is 0 Å². The molecule has 2 aromatic heterocycles. The number of ether oxygens (including phenoxy) is 1. The third kappa shape index (κ3) is 3.69. The quantitative estimate of drug-likeness (QED) is 0.550. The number of fused-ring (bicyclic) bond motifs is 2. The highest BCUT2D eigenvalue weighted by molar-refractivity contribution is 9.10. The van der Waals surface area contributed by atoms with E-state index in [9.17, 15) is 9.59 Å². The normalized spacial score (nSPS) is 22.2. The molecule has 0 radical (unpaired) electrons. The summed E-state index contributed by atoms with van der Waals surface area (Å²) >= 11 is 3.50. The number of carbonyl (C=O) groups excluding carboxylic acids is 2. The van der Waals surface area contributed by atoms with Gasteiger partial charge < -0.3 is 20.3 Å². The van der Waals surface area contributed by atoms with Crippen LogP contribution >= 0.6 is 15.9 Å². The SMILES string of the molecule is CNC(=O)[C@]1(C)CC[C@@H](Nc2ncc3c(Br)nn(-c4ccc5c(c4)N(C)C(=O)CO5)c3n2)C1. The second-order valence-electron chi connectivity index (χ2n) is 8.75. The van der Waals surface area contributed by atoms with Crippen molar-refractivity contribution in [2.24, 2.45) is 5.41 Å². The summed E-state index contributed by atoms with van der Waals surface area (Å²) in [6.07, 6.45) is 4.10. The summed E-state index contributed by atoms with van der Waals surface area (Å²) in [4.78, 5) is 35.1. The van der Waals surface area contributed by atoms with E-state index in [-0.39, 0.29) is 24.5 Å². The molecule has 2 N–H and O–H groups in total. The second kappa shape index (κ2) is 7.98. The molecule has 5 rings (SSSR count). The van der Waals surface area contributed by atoms with Crippen LogP contribution in [0.5, 0.6) is 5.75 Å². The van der Waals surface area contributed by atoms with E-state index in [1.165, 1.54) is 0 Å². The van der Waals surface area contributed by atoms with Crippen LogP contribution in [0.3, 0.4) is 0 Å². The fraction of sp³-hybridized carbons (Fsp3) is 0.409. The van der Waals surface area contributed by atoms with Gasteiger partial charge in [-0.2, -0.15) is 10.1 Å². The lowest BCUT2D eigenvalue weighted by Gasteiger charge is -2.26. The Labute approximate surface area is 198 Å². The summed E-state index contributed by atoms with van der Waals surface area (Å²) in [7, 11) is 3.40. The van der Waals surface area contributed by atoms with Crippen molar-refractivity contribution in [1.82, 2.24) is 25.1 Å². The lowest BCUT2D eigenvalue weighted by atomic mass is 9.87. The summed E-state index contributed by atoms with van der Waals surface area (Å²) < 4.78 is 7.86. The number of likely N-dealkylation sites (N-methyl/N-ethyl adjacent to an activating group) is 1. The fourth-order valence-electron chi connectivity index (χ4n) is 4.57. The lowest BCUT2D eigenvalue weighted by molar-refractivity contribution is -0.129. The van der Waals surface area contributed by atoms with Crippen LogP contribution in [-0.2, 0) is 9.59 Å². The van der Waals surface area contributed by atoms with Crippen LogP contribution in [0, 0.1) is 5.41 Å². The molecule has 1 aliphatic carbocycles. The van der Waals surface area contributed by atoms with Crippen molar-refractivity contribution in [1.29, 1.82) is 0 Å². The smallest absolute Gasteiger partial charge is 0.264 e. The van der Waals surface area contributed by atoms with Crippen molar-refractivity contribution in [2.45, 2.75) is 32.2 Å². The van der Waals surface area contributed by atoms with Gasteiger partial charge in [-0.3, -0.25) is 9.59 Å². The Morgan fingerprint density at radius 2 is 2.18 bits per heavy atom. The first-order valence-electron chi connectivity index (χ1n) is 10.7. The molecule has 0 saturated heterocycles. The Hall–Kier alpha value is -3.21. The molecule has 0 unspecified atom stereocenters. The maximum Gasteiger partial charge on any atom is 0.264 e. The van der Waals surface area contributed by atoms with Crippen LogP contribution in [0.4, 0.5) is 11.6 Å². The van der Waals surface area contributed by atoms with Crippen LogP contribution in [0.25, 0.3) is 16.7 Å². The molecular weight excluding hydrogens is 490 g/mol. The highest BCUT2D eigenvalue weighted by atomic mass is 79.9. The lowest BCUT2D eigenvalue weighted by Crippen LogP contribution is -2.35. The molecule has 10 nitrogen and oxygen atoms in total. The number of hydrogen-bond acceptors (Lipinski definition) is 7. The maximum atomic E-state index is 12.2. The van der Waals surface area contributed by atoms with E-state index in [1.807, 2.05) is 25.1 Å². The third-order valence-corrected chi connectivity index (χ3v) is 7.09. The Kier molecular flexibility index (Phi) is 5.23. The van der Waals surface area contributed by atoms with Gasteiger partial charge in [-0.05, 0) is 53.4 Å². The molecule has 1 aromatic carbocycles. The standard InChI is InChI=1S/C22H24BrN7O3/c1-22(20(32)24-2)7-6-12(9-22)26-21-25-10-14-18(23)28-30(19(14)27-21)13-4-5-16-15(8-13)29(3)17(31)11-33-16/h4-5,8,10,12H,6-7,9,11H2,1-3H3,(H,24,32)(H,25,26,27)/t12-,22-/m1/s1. The molecule has 172 valence electrons. The van der Waals surface area contributed by atoms with Gasteiger partial charge in [0.1, 0.15) is 10.4 Å². The number of carbonyl (C=O) groups is 2. The highest BCUT2D eigenvalue weighted by Crippen LogP contribution is 2.39. The average molecular weight is 514 g/mol. The zero-order valence-electron chi connectivity index (χ0n) is 18.6. The molecule has 33 heavy (non-hydrogen) atoms. The van der Waals surface area contributed by atoms with E-state index in [0.717, 1.165) is 23.9 Å². The van der Waals surface area contributed by atoms with Gasteiger partial charge in [-0.25, -0.2) is 9.67 Å². The predicted molar refractivity (Wildman–Crippen MR) is 127 cm³/mol. The van der Waals surface area contributed by atoms with Gasteiger partial charge in [0.05, 0.1) is 16.8 Å². The van der Waals surface area contributed by atoms with Crippen molar-refractivity contribution in [2.75, 3.05) is 30.9 Å². The molecule has 0 spiro atoms. The molecule has 2 amide bonds. The Morgan fingerprint density at radius 3 is 2.97 bits per heavy atom. The van der Waals surface area contributed by atoms with Gasteiger partial charge in [0.15, 0.2) is 12.3 Å². The van der Waals surface area contributed by atoms with Gasteiger partial charge in [0, 0.05) is 31.7 Å². The predicted octanol–water partition coefficient (Wildman–Crippen LogP) is 2.65. The summed E-state index contributed by atoms with van der Waals surface area (Å²) in [5.74, 6) is 1.08. The minimum absolute atomic E-state index is 0.0292. The van der Waals surface area contributed by atoms with Crippen LogP contribution in [-0.4, -0.2) is 58.3 Å². The topological polar surface area (TPSA) is 114 Å². The van der Waals surface area contributed by atoms with Crippen LogP contribution in [0.1, 0.15) is 26.2 Å². The van der Waals surface area contributed by atoms with Crippen LogP contribution in [0.2, 0.25) is 0 Å². The molecule has 1 saturated carbocycles. The summed E-state index contributed by atoms with van der Waals surface area (Å²) in [6, 6.07) is 5.66. The van der Waals surface area contributed by atoms with Crippen molar-refractivity contribution in [3.63, 3.8) is 0 Å². The number of aromatic nitrogens is 4. The molecular formula is C22H24BrN7O3. The molecule has 1 fully saturated rings. The molecule has 0 bridgehead atoms. The largest absolute Gasteiger partial charge is 0.482 e. The zero-order chi connectivity index (χ0) is 23.3. The Balaban J connectivity index is 1.47. The van der Waals surface area contributed by atoms with Crippen LogP contribution in [0.15, 0.2) is 29.0 Å². The Morgan fingerprint density at radius 1 is 1.36 bits per heavy atom. The second-order valence-corrected chi connectivity index (χ2v) is 9.50. The first kappa shape index (κ1) is 21.6. The summed E-state index contributed by atoms with van der Waals surface area (Å²) in [5.41, 5.74) is 1.65. The highest BCUT2D eigenvalue weighted by Gasteiger charge is 2.41. The van der Waals surface area contributed by atoms with E-state index >= 15 is 0 Å². The number of amides is 2. The third-order valence-electron chi connectivity index (χ3n) is 6.50. The molecule has 3 aromatic rings. The van der Waals surface area contributed by atoms with E-state index in [4.69, 9.17) is 9.72 Å². The number of anilines is 2. The van der Waals surface area contributed by atoms with E-state index < -0.39 is 5.41 Å². The first-order chi connectivity index (χ1) is 15.8. The average Bonchev–Trinajstić information content (AvgIpc) is 3.36. The maximum absolute atomic E-state index is 12.2. The van der Waals surface area contributed by atoms with E-state index in [0.29, 0.717) is 34.1 Å². The van der Waals surface area contributed by atoms with E-state index in [1.54, 1.807) is 29.9 Å². The first-order valence-corrected chi connectivity index (χ1v) is 11.5. The zero-order valence-corrected chi connectivity index (χ0v) is 20.1. The van der Waals surface area contributed by atoms with Crippen LogP contribution < -0.4 is 20.3 Å². The summed E-state index contributed by atoms with van der Waals surface area (Å²) in [6.45, 7) is 2.02. The van der Waals surface area contributed by atoms with Crippen molar-refractivity contribution < 1.29 is 14.3 Å². The molecule has 11 heteroatoms. The van der Waals surface area contributed by atoms with Gasteiger partial charge in [-0.15, -0.1) is 0 Å². The van der Waals surface area contributed by atoms with Gasteiger partial charge in [0.25, 0.3) is 5.91 Å². The fourth-order valence-corrected chi connectivity index (χ4v) is 5.00. The van der Waals surface area contributed by atoms with Crippen molar-refractivity contribution >= 4 is 50.4 Å². The van der Waals surface area contributed by atoms with Crippen molar-refractivity contribution in [3.05, 3.63) is 29.0 Å². The molecule has 3 heterocycles. The molecule has 2 atom stereocenters. The van der Waals surface area contributed by atoms with Gasteiger partial charge in [-0.1, -0.05) is 6.92 Å². The van der Waals surface area contributed by atoms with Gasteiger partial charge in [0.2, 0.25) is 11.9 Å². The Bertz CT molecular complexity index is 1280. The minimum Gasteiger partial charge on any atom is -0.482 e. The number of halogens is 1. The number of rotatable bonds is 4. The van der Waals surface area contributed by atoms with Crippen molar-refractivity contribution in [3.8, 4) is 11.4 Å². The summed E-state index contributed by atoms with van der Waals surface area (Å²) in [5, 5.41) is 11.5. The molecule has 2 aliphatic rings.